The fourth-order valence-electron chi connectivity index (χ4n) is 2.70. The van der Waals surface area contributed by atoms with E-state index in [2.05, 4.69) is 0 Å². The van der Waals surface area contributed by atoms with Crippen LogP contribution in [-0.2, 0) is 15.3 Å². The minimum absolute atomic E-state index is 0.0258. The van der Waals surface area contributed by atoms with Crippen molar-refractivity contribution in [2.45, 2.75) is 55.4 Å². The Bertz CT molecular complexity index is 797. The topological polar surface area (TPSA) is 243 Å². The molecule has 1 aromatic heterocycles. The van der Waals surface area contributed by atoms with E-state index in [1.165, 1.54) is 6.92 Å². The number of H-pyrrole nitrogens is 1. The lowest BCUT2D eigenvalue weighted by molar-refractivity contribution is -0.137. The first kappa shape index (κ1) is 26.0. The first-order chi connectivity index (χ1) is 13.9. The Balaban J connectivity index is 0.000000329. The predicted octanol–water partition coefficient (Wildman–Crippen LogP) is -6.06. The summed E-state index contributed by atoms with van der Waals surface area (Å²) >= 11 is 0. The summed E-state index contributed by atoms with van der Waals surface area (Å²) in [4.78, 5) is 34.5. The summed E-state index contributed by atoms with van der Waals surface area (Å²) in [5, 5.41) is 72.1. The monoisotopic (exact) mass is 438 g/mol. The molecule has 0 spiro atoms. The van der Waals surface area contributed by atoms with E-state index in [0.29, 0.717) is 0 Å². The molecule has 0 saturated carbocycles. The predicted molar refractivity (Wildman–Crippen MR) is 96.1 cm³/mol. The highest BCUT2D eigenvalue weighted by Crippen LogP contribution is 2.33. The molecule has 8 atom stereocenters. The number of nitrogens with one attached hydrogen (secondary N) is 1. The average molecular weight is 438 g/mol. The van der Waals surface area contributed by atoms with Crippen molar-refractivity contribution in [3.8, 4) is 0 Å². The molecule has 4 unspecified atom stereocenters. The maximum absolute atomic E-state index is 11.7. The molecule has 1 fully saturated rings. The number of rotatable bonds is 7. The maximum atomic E-state index is 11.7. The van der Waals surface area contributed by atoms with E-state index in [0.717, 1.165) is 16.8 Å². The van der Waals surface area contributed by atoms with Gasteiger partial charge in [-0.2, -0.15) is 0 Å². The minimum atomic E-state index is -1.79. The lowest BCUT2D eigenvalue weighted by Crippen LogP contribution is -2.49. The highest BCUT2D eigenvalue weighted by molar-refractivity contribution is 5.56. The van der Waals surface area contributed by atoms with Crippen LogP contribution in [0, 0.1) is 0 Å². The smallest absolute Gasteiger partial charge is 0.330 e. The van der Waals surface area contributed by atoms with Gasteiger partial charge in [-0.25, -0.2) is 4.79 Å². The quantitative estimate of drug-likeness (QED) is 0.181. The highest BCUT2D eigenvalue weighted by atomic mass is 16.6. The van der Waals surface area contributed by atoms with Crippen molar-refractivity contribution in [1.82, 2.24) is 9.55 Å². The summed E-state index contributed by atoms with van der Waals surface area (Å²) in [6, 6.07) is 1.10. The zero-order valence-electron chi connectivity index (χ0n) is 15.8. The van der Waals surface area contributed by atoms with Gasteiger partial charge in [-0.05, 0) is 6.92 Å². The van der Waals surface area contributed by atoms with E-state index in [-0.39, 0.29) is 6.29 Å². The summed E-state index contributed by atoms with van der Waals surface area (Å²) in [7, 11) is 0. The van der Waals surface area contributed by atoms with Gasteiger partial charge in [0.25, 0.3) is 5.56 Å². The molecule has 1 aliphatic heterocycles. The molecule has 172 valence electrons. The summed E-state index contributed by atoms with van der Waals surface area (Å²) < 4.78 is 6.29. The van der Waals surface area contributed by atoms with Crippen molar-refractivity contribution in [3.05, 3.63) is 33.1 Å². The Labute approximate surface area is 168 Å². The number of hydrogen-bond donors (Lipinski definition) is 9. The van der Waals surface area contributed by atoms with Crippen LogP contribution in [-0.4, -0.2) is 113 Å². The number of ether oxygens (including phenoxy) is 1. The molecule has 30 heavy (non-hydrogen) atoms. The Morgan fingerprint density at radius 1 is 1.20 bits per heavy atom. The Hall–Kier alpha value is -2.01. The summed E-state index contributed by atoms with van der Waals surface area (Å²) in [5.74, 6) is 0. The number of carbonyl (C=O) groups is 1. The van der Waals surface area contributed by atoms with E-state index >= 15 is 0 Å². The van der Waals surface area contributed by atoms with Crippen LogP contribution in [0.25, 0.3) is 0 Å². The lowest BCUT2D eigenvalue weighted by Gasteiger charge is -2.29. The average Bonchev–Trinajstić information content (AvgIpc) is 2.96. The molecule has 1 saturated heterocycles. The number of aromatic amines is 1. The standard InChI is InChI=1S/C10H14N2O6.C6H12O6/c1-10(8(16)7(15)5(4-13)18-10)12-3-2-6(14)11-9(12)17;7-1-3(9)5(11)6(12)4(10)2-8/h2-3,5,7-8,13,15-16H,4H2,1H3,(H,11,14,17);1,3-6,8-12H,2H2/t5-,7-,8-,10-;/m1./s1. The van der Waals surface area contributed by atoms with Gasteiger partial charge in [0.15, 0.2) is 12.0 Å². The minimum Gasteiger partial charge on any atom is -0.394 e. The van der Waals surface area contributed by atoms with Crippen molar-refractivity contribution in [2.24, 2.45) is 0 Å². The van der Waals surface area contributed by atoms with Gasteiger partial charge in [0.1, 0.15) is 42.7 Å². The number of hydrogen-bond acceptors (Lipinski definition) is 12. The van der Waals surface area contributed by atoms with Gasteiger partial charge in [0, 0.05) is 12.3 Å². The Kier molecular flexibility index (Phi) is 9.41. The van der Waals surface area contributed by atoms with Crippen LogP contribution < -0.4 is 11.2 Å². The van der Waals surface area contributed by atoms with E-state index in [1.807, 2.05) is 4.98 Å². The molecule has 1 aliphatic rings. The van der Waals surface area contributed by atoms with Crippen LogP contribution >= 0.6 is 0 Å². The van der Waals surface area contributed by atoms with Gasteiger partial charge in [-0.15, -0.1) is 0 Å². The SMILES string of the molecule is C[C@@]1(n2ccc(=O)[nH]c2=O)O[C@H](CO)[C@@H](O)[C@H]1O.O=CC(O)C(O)C(O)C(O)CO. The number of aldehydes is 1. The fraction of sp³-hybridized carbons (Fsp3) is 0.688. The molecule has 0 aliphatic carbocycles. The first-order valence-corrected chi connectivity index (χ1v) is 8.70. The second kappa shape index (κ2) is 10.9. The van der Waals surface area contributed by atoms with Crippen LogP contribution in [0.2, 0.25) is 0 Å². The van der Waals surface area contributed by atoms with Gasteiger partial charge in [-0.1, -0.05) is 0 Å². The largest absolute Gasteiger partial charge is 0.394 e. The fourth-order valence-corrected chi connectivity index (χ4v) is 2.70. The van der Waals surface area contributed by atoms with E-state index in [1.54, 1.807) is 0 Å². The van der Waals surface area contributed by atoms with E-state index < -0.39 is 72.9 Å². The van der Waals surface area contributed by atoms with Crippen LogP contribution in [0.15, 0.2) is 21.9 Å². The molecule has 0 bridgehead atoms. The zero-order chi connectivity index (χ0) is 23.2. The Morgan fingerprint density at radius 3 is 2.23 bits per heavy atom. The van der Waals surface area contributed by atoms with Crippen molar-refractivity contribution in [3.63, 3.8) is 0 Å². The second-order valence-electron chi connectivity index (χ2n) is 6.67. The van der Waals surface area contributed by atoms with Crippen molar-refractivity contribution in [2.75, 3.05) is 13.2 Å². The van der Waals surface area contributed by atoms with Crippen LogP contribution in [0.1, 0.15) is 6.92 Å². The van der Waals surface area contributed by atoms with Gasteiger partial charge in [-0.3, -0.25) is 14.3 Å². The normalized spacial score (nSPS) is 30.0. The van der Waals surface area contributed by atoms with Gasteiger partial charge in [0.05, 0.1) is 13.2 Å². The summed E-state index contributed by atoms with van der Waals surface area (Å²) in [6.45, 7) is 0.131. The van der Waals surface area contributed by atoms with Crippen molar-refractivity contribution >= 4 is 6.29 Å². The molecule has 2 rings (SSSR count). The molecule has 9 N–H and O–H groups in total. The third-order valence-corrected chi connectivity index (χ3v) is 4.55. The maximum Gasteiger partial charge on any atom is 0.330 e. The first-order valence-electron chi connectivity index (χ1n) is 8.70. The summed E-state index contributed by atoms with van der Waals surface area (Å²) in [5.41, 5.74) is -2.89. The lowest BCUT2D eigenvalue weighted by atomic mass is 10.0. The number of carbonyl (C=O) groups excluding carboxylic acids is 1. The summed E-state index contributed by atoms with van der Waals surface area (Å²) in [6.07, 6.45) is -9.40. The van der Waals surface area contributed by atoms with Crippen molar-refractivity contribution < 1.29 is 50.4 Å². The van der Waals surface area contributed by atoms with E-state index in [9.17, 15) is 24.6 Å². The molecule has 14 nitrogen and oxygen atoms in total. The number of aromatic nitrogens is 2. The molecule has 1 aromatic rings. The van der Waals surface area contributed by atoms with Gasteiger partial charge < -0.3 is 50.4 Å². The molecule has 14 heteroatoms. The third kappa shape index (κ3) is 5.57. The molecular weight excluding hydrogens is 412 g/mol. The molecular formula is C16H26N2O12. The third-order valence-electron chi connectivity index (χ3n) is 4.55. The molecule has 0 aromatic carbocycles. The van der Waals surface area contributed by atoms with Crippen LogP contribution in [0.4, 0.5) is 0 Å². The van der Waals surface area contributed by atoms with Crippen molar-refractivity contribution in [1.29, 1.82) is 0 Å². The molecule has 0 radical (unpaired) electrons. The number of aliphatic hydroxyl groups is 8. The van der Waals surface area contributed by atoms with Gasteiger partial charge in [0.2, 0.25) is 0 Å². The Morgan fingerprint density at radius 2 is 1.80 bits per heavy atom. The number of aliphatic hydroxyl groups excluding tert-OH is 8. The molecule has 0 amide bonds. The van der Waals surface area contributed by atoms with Crippen LogP contribution in [0.5, 0.6) is 0 Å². The second-order valence-corrected chi connectivity index (χ2v) is 6.67. The van der Waals surface area contributed by atoms with E-state index in [4.69, 9.17) is 35.4 Å². The zero-order valence-corrected chi connectivity index (χ0v) is 15.8. The molecule has 2 heterocycles. The van der Waals surface area contributed by atoms with Crippen LogP contribution in [0.3, 0.4) is 0 Å². The number of nitrogens with zero attached hydrogens (tertiary/aromatic N) is 1. The highest BCUT2D eigenvalue weighted by Gasteiger charge is 2.52. The van der Waals surface area contributed by atoms with Gasteiger partial charge >= 0.3 is 5.69 Å².